The Hall–Kier alpha value is -1.08. The van der Waals surface area contributed by atoms with E-state index in [1.54, 1.807) is 0 Å². The summed E-state index contributed by atoms with van der Waals surface area (Å²) >= 11 is 0. The molecule has 0 aliphatic rings. The van der Waals surface area contributed by atoms with Gasteiger partial charge in [-0.3, -0.25) is 0 Å². The molecule has 0 radical (unpaired) electrons. The maximum absolute atomic E-state index is 9.67. The Bertz CT molecular complexity index is 303. The minimum absolute atomic E-state index is 0.622. The predicted molar refractivity (Wildman–Crippen MR) is 65.0 cm³/mol. The second-order valence-electron chi connectivity index (χ2n) is 4.63. The molecule has 1 nitrogen and oxygen atoms in total. The molecule has 0 aliphatic heterocycles. The van der Waals surface area contributed by atoms with Crippen molar-refractivity contribution in [2.75, 3.05) is 0 Å². The lowest BCUT2D eigenvalue weighted by Gasteiger charge is -2.16. The van der Waals surface area contributed by atoms with Crippen molar-refractivity contribution in [1.82, 2.24) is 0 Å². The molecule has 0 saturated carbocycles. The fourth-order valence-corrected chi connectivity index (χ4v) is 1.59. The van der Waals surface area contributed by atoms with E-state index < -0.39 is 5.60 Å². The molecular formula is C14H20O. The van der Waals surface area contributed by atoms with Crippen molar-refractivity contribution in [3.8, 4) is 0 Å². The van der Waals surface area contributed by atoms with Gasteiger partial charge < -0.3 is 5.11 Å². The SMILES string of the molecule is C=CCCc1ccc(CC(C)(C)O)cc1. The number of aryl methyl sites for hydroxylation is 1. The van der Waals surface area contributed by atoms with E-state index >= 15 is 0 Å². The summed E-state index contributed by atoms with van der Waals surface area (Å²) in [6.45, 7) is 7.37. The molecule has 15 heavy (non-hydrogen) atoms. The van der Waals surface area contributed by atoms with Crippen LogP contribution in [0.4, 0.5) is 0 Å². The highest BCUT2D eigenvalue weighted by Crippen LogP contribution is 2.13. The summed E-state index contributed by atoms with van der Waals surface area (Å²) in [4.78, 5) is 0. The first kappa shape index (κ1) is 12.0. The van der Waals surface area contributed by atoms with Crippen LogP contribution < -0.4 is 0 Å². The molecule has 0 amide bonds. The Morgan fingerprint density at radius 3 is 2.20 bits per heavy atom. The van der Waals surface area contributed by atoms with Gasteiger partial charge in [-0.1, -0.05) is 30.3 Å². The van der Waals surface area contributed by atoms with Crippen molar-refractivity contribution in [1.29, 1.82) is 0 Å². The van der Waals surface area contributed by atoms with E-state index in [-0.39, 0.29) is 0 Å². The largest absolute Gasteiger partial charge is 0.390 e. The molecule has 82 valence electrons. The van der Waals surface area contributed by atoms with Crippen LogP contribution in [0.5, 0.6) is 0 Å². The lowest BCUT2D eigenvalue weighted by atomic mass is 9.97. The fraction of sp³-hybridized carbons (Fsp3) is 0.429. The van der Waals surface area contributed by atoms with E-state index in [9.17, 15) is 5.11 Å². The van der Waals surface area contributed by atoms with Crippen LogP contribution in [0.3, 0.4) is 0 Å². The zero-order valence-corrected chi connectivity index (χ0v) is 9.66. The van der Waals surface area contributed by atoms with Gasteiger partial charge in [0.05, 0.1) is 5.60 Å². The van der Waals surface area contributed by atoms with E-state index in [4.69, 9.17) is 0 Å². The summed E-state index contributed by atoms with van der Waals surface area (Å²) in [7, 11) is 0. The van der Waals surface area contributed by atoms with Gasteiger partial charge in [-0.2, -0.15) is 0 Å². The maximum atomic E-state index is 9.67. The molecule has 1 aromatic carbocycles. The highest BCUT2D eigenvalue weighted by atomic mass is 16.3. The zero-order valence-electron chi connectivity index (χ0n) is 9.66. The molecule has 0 aromatic heterocycles. The molecule has 1 rings (SSSR count). The zero-order chi connectivity index (χ0) is 11.3. The quantitative estimate of drug-likeness (QED) is 0.731. The van der Waals surface area contributed by atoms with Gasteiger partial charge in [0.15, 0.2) is 0 Å². The first-order valence-electron chi connectivity index (χ1n) is 5.42. The number of benzene rings is 1. The van der Waals surface area contributed by atoms with Crippen LogP contribution in [0.1, 0.15) is 31.4 Å². The van der Waals surface area contributed by atoms with Crippen molar-refractivity contribution in [2.45, 2.75) is 38.7 Å². The first-order chi connectivity index (χ1) is 7.01. The van der Waals surface area contributed by atoms with Gasteiger partial charge in [-0.15, -0.1) is 6.58 Å². The molecule has 0 atom stereocenters. The van der Waals surface area contributed by atoms with Crippen LogP contribution in [0.25, 0.3) is 0 Å². The molecule has 0 aliphatic carbocycles. The number of allylic oxidation sites excluding steroid dienone is 1. The fourth-order valence-electron chi connectivity index (χ4n) is 1.59. The van der Waals surface area contributed by atoms with Crippen molar-refractivity contribution in [3.63, 3.8) is 0 Å². The van der Waals surface area contributed by atoms with E-state index in [1.165, 1.54) is 11.1 Å². The topological polar surface area (TPSA) is 20.2 Å². The molecule has 1 aromatic rings. The molecule has 0 bridgehead atoms. The third-order valence-electron chi connectivity index (χ3n) is 2.30. The van der Waals surface area contributed by atoms with Crippen molar-refractivity contribution < 1.29 is 5.11 Å². The number of hydrogen-bond donors (Lipinski definition) is 1. The molecule has 0 saturated heterocycles. The minimum Gasteiger partial charge on any atom is -0.390 e. The van der Waals surface area contributed by atoms with Gasteiger partial charge >= 0.3 is 0 Å². The number of rotatable bonds is 5. The Kier molecular flexibility index (Phi) is 4.10. The van der Waals surface area contributed by atoms with Crippen LogP contribution in [-0.2, 0) is 12.8 Å². The molecule has 1 N–H and O–H groups in total. The van der Waals surface area contributed by atoms with Gasteiger partial charge in [0.1, 0.15) is 0 Å². The van der Waals surface area contributed by atoms with E-state index in [0.29, 0.717) is 6.42 Å². The Morgan fingerprint density at radius 1 is 1.20 bits per heavy atom. The van der Waals surface area contributed by atoms with Crippen LogP contribution in [-0.4, -0.2) is 10.7 Å². The van der Waals surface area contributed by atoms with Gasteiger partial charge in [-0.05, 0) is 37.8 Å². The van der Waals surface area contributed by atoms with Gasteiger partial charge in [-0.25, -0.2) is 0 Å². The molecule has 1 heteroatoms. The second-order valence-corrected chi connectivity index (χ2v) is 4.63. The van der Waals surface area contributed by atoms with Crippen LogP contribution in [0.2, 0.25) is 0 Å². The van der Waals surface area contributed by atoms with Crippen LogP contribution in [0, 0.1) is 0 Å². The third-order valence-corrected chi connectivity index (χ3v) is 2.30. The van der Waals surface area contributed by atoms with Gasteiger partial charge in [0.25, 0.3) is 0 Å². The lowest BCUT2D eigenvalue weighted by molar-refractivity contribution is 0.0810. The van der Waals surface area contributed by atoms with Crippen LogP contribution in [0.15, 0.2) is 36.9 Å². The Labute approximate surface area is 92.5 Å². The average Bonchev–Trinajstić information content (AvgIpc) is 2.14. The summed E-state index contributed by atoms with van der Waals surface area (Å²) < 4.78 is 0. The summed E-state index contributed by atoms with van der Waals surface area (Å²) in [5.41, 5.74) is 1.89. The molecule has 0 spiro atoms. The van der Waals surface area contributed by atoms with Crippen molar-refractivity contribution >= 4 is 0 Å². The van der Waals surface area contributed by atoms with Crippen molar-refractivity contribution in [2.24, 2.45) is 0 Å². The predicted octanol–water partition coefficient (Wildman–Crippen LogP) is 3.12. The van der Waals surface area contributed by atoms with Gasteiger partial charge in [0.2, 0.25) is 0 Å². The second kappa shape index (κ2) is 5.13. The average molecular weight is 204 g/mol. The highest BCUT2D eigenvalue weighted by Gasteiger charge is 2.12. The summed E-state index contributed by atoms with van der Waals surface area (Å²) in [6.07, 6.45) is 4.70. The third kappa shape index (κ3) is 4.80. The number of hydrogen-bond acceptors (Lipinski definition) is 1. The van der Waals surface area contributed by atoms with E-state index in [1.807, 2.05) is 19.9 Å². The molecule has 0 heterocycles. The summed E-state index contributed by atoms with van der Waals surface area (Å²) in [5.74, 6) is 0. The Morgan fingerprint density at radius 2 is 1.73 bits per heavy atom. The van der Waals surface area contributed by atoms with Crippen molar-refractivity contribution in [3.05, 3.63) is 48.0 Å². The van der Waals surface area contributed by atoms with Crippen LogP contribution >= 0.6 is 0 Å². The maximum Gasteiger partial charge on any atom is 0.0631 e. The normalized spacial score (nSPS) is 11.4. The Balaban J connectivity index is 2.60. The molecule has 0 fully saturated rings. The highest BCUT2D eigenvalue weighted by molar-refractivity contribution is 5.23. The summed E-state index contributed by atoms with van der Waals surface area (Å²) in [5, 5.41) is 9.67. The first-order valence-corrected chi connectivity index (χ1v) is 5.42. The smallest absolute Gasteiger partial charge is 0.0631 e. The summed E-state index contributed by atoms with van der Waals surface area (Å²) in [6, 6.07) is 8.45. The van der Waals surface area contributed by atoms with Gasteiger partial charge in [0, 0.05) is 6.42 Å². The minimum atomic E-state index is -0.622. The molecular weight excluding hydrogens is 184 g/mol. The van der Waals surface area contributed by atoms with E-state index in [2.05, 4.69) is 30.8 Å². The van der Waals surface area contributed by atoms with E-state index in [0.717, 1.165) is 12.8 Å². The molecule has 0 unspecified atom stereocenters. The number of aliphatic hydroxyl groups is 1. The monoisotopic (exact) mass is 204 g/mol. The standard InChI is InChI=1S/C14H20O/c1-4-5-6-12-7-9-13(10-8-12)11-14(2,3)15/h4,7-10,15H,1,5-6,11H2,2-3H3. The lowest BCUT2D eigenvalue weighted by Crippen LogP contribution is -2.21.